The minimum absolute atomic E-state index is 0.111. The number of methoxy groups -OCH3 is 1. The first kappa shape index (κ1) is 14.9. The summed E-state index contributed by atoms with van der Waals surface area (Å²) in [6.07, 6.45) is 12.5. The van der Waals surface area contributed by atoms with Gasteiger partial charge in [0.25, 0.3) is 0 Å². The fourth-order valence-corrected chi connectivity index (χ4v) is 1.76. The highest BCUT2D eigenvalue weighted by Gasteiger charge is 1.92. The Balaban J connectivity index is 2.81. The van der Waals surface area contributed by atoms with Crippen molar-refractivity contribution in [3.63, 3.8) is 0 Å². The molecule has 0 fully saturated rings. The molecule has 0 saturated heterocycles. The summed E-state index contributed by atoms with van der Waals surface area (Å²) < 4.78 is 5.00. The van der Waals surface area contributed by atoms with Crippen LogP contribution >= 0.6 is 0 Å². The molecule has 0 atom stereocenters. The van der Waals surface area contributed by atoms with Crippen molar-refractivity contribution >= 4 is 0 Å². The predicted molar refractivity (Wildman–Crippen MR) is 63.6 cm³/mol. The van der Waals surface area contributed by atoms with E-state index in [0.29, 0.717) is 0 Å². The molecule has 0 aliphatic rings. The SMILES string of the molecule is COCCCCCCCCCCCC[O]. The molecule has 1 radical (unpaired) electrons. The van der Waals surface area contributed by atoms with E-state index in [1.54, 1.807) is 7.11 Å². The Morgan fingerprint density at radius 1 is 0.667 bits per heavy atom. The van der Waals surface area contributed by atoms with Gasteiger partial charge in [0.05, 0.1) is 6.61 Å². The van der Waals surface area contributed by atoms with Crippen molar-refractivity contribution in [3.8, 4) is 0 Å². The lowest BCUT2D eigenvalue weighted by Crippen LogP contribution is -1.88. The van der Waals surface area contributed by atoms with E-state index in [-0.39, 0.29) is 6.61 Å². The fourth-order valence-electron chi connectivity index (χ4n) is 1.76. The van der Waals surface area contributed by atoms with Crippen LogP contribution in [-0.2, 0) is 9.84 Å². The molecule has 2 heteroatoms. The molecular formula is C13H27O2. The van der Waals surface area contributed by atoms with Gasteiger partial charge in [-0.3, -0.25) is 0 Å². The Labute approximate surface area is 95.0 Å². The molecule has 0 aromatic heterocycles. The van der Waals surface area contributed by atoms with E-state index in [1.165, 1.54) is 51.4 Å². The minimum atomic E-state index is 0.111. The molecule has 0 aliphatic carbocycles. The van der Waals surface area contributed by atoms with Crippen molar-refractivity contribution in [3.05, 3.63) is 0 Å². The smallest absolute Gasteiger partial charge is 0.0822 e. The summed E-state index contributed by atoms with van der Waals surface area (Å²) in [6, 6.07) is 0. The summed E-state index contributed by atoms with van der Waals surface area (Å²) in [5.74, 6) is 0. The summed E-state index contributed by atoms with van der Waals surface area (Å²) in [5.41, 5.74) is 0. The summed E-state index contributed by atoms with van der Waals surface area (Å²) in [6.45, 7) is 1.02. The third-order valence-electron chi connectivity index (χ3n) is 2.74. The number of ether oxygens (including phenoxy) is 1. The Hall–Kier alpha value is -0.0800. The highest BCUT2D eigenvalue weighted by Crippen LogP contribution is 2.10. The van der Waals surface area contributed by atoms with E-state index < -0.39 is 0 Å². The van der Waals surface area contributed by atoms with Gasteiger partial charge in [-0.25, -0.2) is 5.11 Å². The van der Waals surface area contributed by atoms with Crippen molar-refractivity contribution in [1.82, 2.24) is 0 Å². The van der Waals surface area contributed by atoms with E-state index in [9.17, 15) is 5.11 Å². The van der Waals surface area contributed by atoms with E-state index in [2.05, 4.69) is 0 Å². The van der Waals surface area contributed by atoms with Gasteiger partial charge < -0.3 is 4.74 Å². The standard InChI is InChI=1S/C13H27O2/c1-15-13-11-9-7-5-3-2-4-6-8-10-12-14/h2-13H2,1H3. The Morgan fingerprint density at radius 2 is 1.07 bits per heavy atom. The van der Waals surface area contributed by atoms with Crippen LogP contribution in [0.4, 0.5) is 0 Å². The maximum atomic E-state index is 10.2. The van der Waals surface area contributed by atoms with Crippen molar-refractivity contribution in [2.24, 2.45) is 0 Å². The lowest BCUT2D eigenvalue weighted by Gasteiger charge is -2.01. The van der Waals surface area contributed by atoms with E-state index in [1.807, 2.05) is 0 Å². The molecule has 0 heterocycles. The Morgan fingerprint density at radius 3 is 1.47 bits per heavy atom. The van der Waals surface area contributed by atoms with Crippen molar-refractivity contribution < 1.29 is 9.84 Å². The van der Waals surface area contributed by atoms with Gasteiger partial charge >= 0.3 is 0 Å². The highest BCUT2D eigenvalue weighted by atomic mass is 16.5. The van der Waals surface area contributed by atoms with Crippen LogP contribution in [0.1, 0.15) is 64.2 Å². The maximum Gasteiger partial charge on any atom is 0.0822 e. The zero-order valence-electron chi connectivity index (χ0n) is 10.3. The van der Waals surface area contributed by atoms with Gasteiger partial charge in [0.2, 0.25) is 0 Å². The van der Waals surface area contributed by atoms with Crippen LogP contribution in [0.15, 0.2) is 0 Å². The lowest BCUT2D eigenvalue weighted by atomic mass is 10.1. The van der Waals surface area contributed by atoms with Gasteiger partial charge in [-0.05, 0) is 12.8 Å². The van der Waals surface area contributed by atoms with Crippen molar-refractivity contribution in [2.75, 3.05) is 20.3 Å². The van der Waals surface area contributed by atoms with Gasteiger partial charge in [-0.1, -0.05) is 51.4 Å². The van der Waals surface area contributed by atoms with Gasteiger partial charge in [0.1, 0.15) is 0 Å². The maximum absolute atomic E-state index is 10.2. The molecule has 0 bridgehead atoms. The molecule has 0 spiro atoms. The average Bonchev–Trinajstić information content (AvgIpc) is 2.26. The first-order valence-corrected chi connectivity index (χ1v) is 6.49. The fraction of sp³-hybridized carbons (Fsp3) is 1.00. The molecule has 0 saturated carbocycles. The summed E-state index contributed by atoms with van der Waals surface area (Å²) >= 11 is 0. The van der Waals surface area contributed by atoms with E-state index >= 15 is 0 Å². The molecule has 0 unspecified atom stereocenters. The lowest BCUT2D eigenvalue weighted by molar-refractivity contribution is 0.185. The van der Waals surface area contributed by atoms with Crippen LogP contribution in [0.3, 0.4) is 0 Å². The van der Waals surface area contributed by atoms with Crippen molar-refractivity contribution in [2.45, 2.75) is 64.2 Å². The van der Waals surface area contributed by atoms with E-state index in [4.69, 9.17) is 4.74 Å². The number of rotatable bonds is 12. The van der Waals surface area contributed by atoms with Gasteiger partial charge in [0, 0.05) is 13.7 Å². The molecular weight excluding hydrogens is 188 g/mol. The van der Waals surface area contributed by atoms with Crippen molar-refractivity contribution in [1.29, 1.82) is 0 Å². The molecule has 91 valence electrons. The predicted octanol–water partition coefficient (Wildman–Crippen LogP) is 3.96. The molecule has 0 aromatic rings. The second kappa shape index (κ2) is 13.9. The number of unbranched alkanes of at least 4 members (excludes halogenated alkanes) is 9. The molecule has 0 aliphatic heterocycles. The zero-order chi connectivity index (χ0) is 11.2. The zero-order valence-corrected chi connectivity index (χ0v) is 10.3. The quantitative estimate of drug-likeness (QED) is 0.453. The minimum Gasteiger partial charge on any atom is -0.385 e. The molecule has 0 amide bonds. The highest BCUT2D eigenvalue weighted by molar-refractivity contribution is 4.47. The van der Waals surface area contributed by atoms with Crippen LogP contribution in [0, 0.1) is 0 Å². The van der Waals surface area contributed by atoms with Crippen LogP contribution < -0.4 is 0 Å². The van der Waals surface area contributed by atoms with Crippen LogP contribution in [-0.4, -0.2) is 20.3 Å². The first-order chi connectivity index (χ1) is 7.41. The summed E-state index contributed by atoms with van der Waals surface area (Å²) in [4.78, 5) is 0. The summed E-state index contributed by atoms with van der Waals surface area (Å²) in [7, 11) is 1.77. The number of hydrogen-bond donors (Lipinski definition) is 0. The van der Waals surface area contributed by atoms with Gasteiger partial charge in [0.15, 0.2) is 0 Å². The summed E-state index contributed by atoms with van der Waals surface area (Å²) in [5, 5.41) is 10.2. The molecule has 0 N–H and O–H groups in total. The Kier molecular flexibility index (Phi) is 13.8. The van der Waals surface area contributed by atoms with Gasteiger partial charge in [-0.15, -0.1) is 0 Å². The largest absolute Gasteiger partial charge is 0.385 e. The molecule has 0 rings (SSSR count). The van der Waals surface area contributed by atoms with Gasteiger partial charge in [-0.2, -0.15) is 0 Å². The second-order valence-electron chi connectivity index (χ2n) is 4.23. The Bertz CT molecular complexity index is 92.7. The normalized spacial score (nSPS) is 10.8. The molecule has 15 heavy (non-hydrogen) atoms. The third-order valence-corrected chi connectivity index (χ3v) is 2.74. The first-order valence-electron chi connectivity index (χ1n) is 6.49. The topological polar surface area (TPSA) is 29.1 Å². The second-order valence-corrected chi connectivity index (χ2v) is 4.23. The molecule has 2 nitrogen and oxygen atoms in total. The number of hydrogen-bond acceptors (Lipinski definition) is 1. The van der Waals surface area contributed by atoms with Crippen LogP contribution in [0.25, 0.3) is 0 Å². The van der Waals surface area contributed by atoms with Crippen LogP contribution in [0.5, 0.6) is 0 Å². The van der Waals surface area contributed by atoms with E-state index in [0.717, 1.165) is 19.4 Å². The van der Waals surface area contributed by atoms with Crippen LogP contribution in [0.2, 0.25) is 0 Å². The third kappa shape index (κ3) is 13.9. The molecule has 0 aromatic carbocycles. The monoisotopic (exact) mass is 215 g/mol. The average molecular weight is 215 g/mol.